The van der Waals surface area contributed by atoms with E-state index in [0.29, 0.717) is 5.69 Å². The lowest BCUT2D eigenvalue weighted by Crippen LogP contribution is -2.06. The normalized spacial score (nSPS) is 10.1. The molecule has 1 N–H and O–H groups in total. The number of nitrogens with one attached hydrogen (secondary N) is 1. The topological polar surface area (TPSA) is 55.0 Å². The van der Waals surface area contributed by atoms with Gasteiger partial charge < -0.3 is 4.74 Å². The Morgan fingerprint density at radius 1 is 1.25 bits per heavy atom. The first-order valence-corrected chi connectivity index (χ1v) is 4.92. The summed E-state index contributed by atoms with van der Waals surface area (Å²) >= 11 is 0. The van der Waals surface area contributed by atoms with Crippen molar-refractivity contribution in [2.45, 2.75) is 6.92 Å². The highest BCUT2D eigenvalue weighted by molar-refractivity contribution is 5.70. The number of hydrogen-bond donors (Lipinski definition) is 1. The molecular weight excluding hydrogens is 204 g/mol. The first-order valence-electron chi connectivity index (χ1n) is 4.92. The van der Waals surface area contributed by atoms with Crippen LogP contribution in [0.3, 0.4) is 0 Å². The molecule has 4 heteroatoms. The summed E-state index contributed by atoms with van der Waals surface area (Å²) in [5, 5.41) is 6.42. The highest BCUT2D eigenvalue weighted by Gasteiger charge is 2.09. The van der Waals surface area contributed by atoms with Gasteiger partial charge in [0.25, 0.3) is 5.56 Å². The molecule has 1 heterocycles. The molecule has 0 radical (unpaired) electrons. The molecule has 0 aliphatic rings. The monoisotopic (exact) mass is 216 g/mol. The maximum Gasteiger partial charge on any atom is 0.264 e. The number of aromatic nitrogens is 2. The van der Waals surface area contributed by atoms with Crippen LogP contribution in [-0.2, 0) is 0 Å². The summed E-state index contributed by atoms with van der Waals surface area (Å²) in [6.45, 7) is 1.98. The number of H-pyrrole nitrogens is 1. The highest BCUT2D eigenvalue weighted by Crippen LogP contribution is 2.30. The van der Waals surface area contributed by atoms with Gasteiger partial charge in [-0.25, -0.2) is 5.10 Å². The maximum absolute atomic E-state index is 10.9. The molecule has 0 amide bonds. The number of methoxy groups -OCH3 is 1. The van der Waals surface area contributed by atoms with Crippen molar-refractivity contribution in [3.05, 3.63) is 46.2 Å². The van der Waals surface area contributed by atoms with Gasteiger partial charge in [0, 0.05) is 11.6 Å². The van der Waals surface area contributed by atoms with Crippen molar-refractivity contribution < 1.29 is 4.74 Å². The van der Waals surface area contributed by atoms with Gasteiger partial charge >= 0.3 is 0 Å². The second-order valence-corrected chi connectivity index (χ2v) is 3.46. The molecule has 0 aliphatic carbocycles. The predicted molar refractivity (Wildman–Crippen MR) is 61.6 cm³/mol. The Balaban J connectivity index is 2.63. The number of ether oxygens (including phenoxy) is 1. The largest absolute Gasteiger partial charge is 0.496 e. The molecule has 0 saturated carbocycles. The zero-order valence-electron chi connectivity index (χ0n) is 9.15. The molecule has 1 aromatic carbocycles. The summed E-state index contributed by atoms with van der Waals surface area (Å²) in [4.78, 5) is 10.9. The minimum absolute atomic E-state index is 0.212. The smallest absolute Gasteiger partial charge is 0.264 e. The first kappa shape index (κ1) is 10.4. The third-order valence-corrected chi connectivity index (χ3v) is 2.39. The van der Waals surface area contributed by atoms with E-state index in [2.05, 4.69) is 10.2 Å². The van der Waals surface area contributed by atoms with Crippen LogP contribution in [0.5, 0.6) is 5.75 Å². The summed E-state index contributed by atoms with van der Waals surface area (Å²) in [5.41, 5.74) is 2.45. The zero-order valence-corrected chi connectivity index (χ0v) is 9.15. The van der Waals surface area contributed by atoms with Crippen molar-refractivity contribution in [1.82, 2.24) is 10.2 Å². The van der Waals surface area contributed by atoms with Crippen molar-refractivity contribution in [2.24, 2.45) is 0 Å². The Kier molecular flexibility index (Phi) is 2.72. The van der Waals surface area contributed by atoms with Gasteiger partial charge in [-0.2, -0.15) is 5.10 Å². The van der Waals surface area contributed by atoms with Crippen LogP contribution in [-0.4, -0.2) is 17.3 Å². The lowest BCUT2D eigenvalue weighted by molar-refractivity contribution is 0.416. The fraction of sp³-hybridized carbons (Fsp3) is 0.167. The molecule has 0 aliphatic heterocycles. The van der Waals surface area contributed by atoms with Gasteiger partial charge in [-0.3, -0.25) is 4.79 Å². The number of nitrogens with zero attached hydrogens (tertiary/aromatic N) is 1. The van der Waals surface area contributed by atoms with Gasteiger partial charge in [0.1, 0.15) is 5.75 Å². The van der Waals surface area contributed by atoms with E-state index in [1.54, 1.807) is 13.2 Å². The summed E-state index contributed by atoms with van der Waals surface area (Å²) in [5.74, 6) is 0.750. The Labute approximate surface area is 92.9 Å². The van der Waals surface area contributed by atoms with Crippen LogP contribution >= 0.6 is 0 Å². The van der Waals surface area contributed by atoms with E-state index in [-0.39, 0.29) is 5.56 Å². The van der Waals surface area contributed by atoms with Crippen LogP contribution < -0.4 is 10.3 Å². The minimum atomic E-state index is -0.212. The van der Waals surface area contributed by atoms with Crippen molar-refractivity contribution >= 4 is 0 Å². The lowest BCUT2D eigenvalue weighted by atomic mass is 10.0. The average Bonchev–Trinajstić information content (AvgIpc) is 2.30. The van der Waals surface area contributed by atoms with Crippen molar-refractivity contribution in [2.75, 3.05) is 7.11 Å². The molecule has 0 fully saturated rings. The SMILES string of the molecule is COc1cccc(C)c1-c1ccc(=O)[nH]n1. The third kappa shape index (κ3) is 1.82. The molecule has 0 spiro atoms. The molecule has 4 nitrogen and oxygen atoms in total. The zero-order chi connectivity index (χ0) is 11.5. The number of benzene rings is 1. The molecule has 0 unspecified atom stereocenters. The van der Waals surface area contributed by atoms with Gasteiger partial charge in [0.05, 0.1) is 12.8 Å². The summed E-state index contributed by atoms with van der Waals surface area (Å²) in [6, 6.07) is 8.90. The molecule has 16 heavy (non-hydrogen) atoms. The molecule has 2 aromatic rings. The third-order valence-electron chi connectivity index (χ3n) is 2.39. The Bertz CT molecular complexity index is 541. The summed E-state index contributed by atoms with van der Waals surface area (Å²) in [7, 11) is 1.62. The van der Waals surface area contributed by atoms with Crippen LogP contribution in [0.15, 0.2) is 35.1 Å². The van der Waals surface area contributed by atoms with E-state index in [4.69, 9.17) is 4.74 Å². The second kappa shape index (κ2) is 4.18. The Morgan fingerprint density at radius 2 is 2.06 bits per heavy atom. The lowest BCUT2D eigenvalue weighted by Gasteiger charge is -2.09. The van der Waals surface area contributed by atoms with Crippen molar-refractivity contribution in [3.63, 3.8) is 0 Å². The Morgan fingerprint density at radius 3 is 2.69 bits per heavy atom. The molecule has 82 valence electrons. The molecule has 0 atom stereocenters. The Hall–Kier alpha value is -2.10. The van der Waals surface area contributed by atoms with Gasteiger partial charge in [-0.1, -0.05) is 12.1 Å². The van der Waals surface area contributed by atoms with Gasteiger partial charge in [0.15, 0.2) is 0 Å². The van der Waals surface area contributed by atoms with Crippen LogP contribution in [0.2, 0.25) is 0 Å². The van der Waals surface area contributed by atoms with E-state index in [0.717, 1.165) is 16.9 Å². The predicted octanol–water partition coefficient (Wildman–Crippen LogP) is 1.75. The fourth-order valence-corrected chi connectivity index (χ4v) is 1.62. The fourth-order valence-electron chi connectivity index (χ4n) is 1.62. The molecule has 0 bridgehead atoms. The first-order chi connectivity index (χ1) is 7.72. The van der Waals surface area contributed by atoms with Crippen LogP contribution in [0.1, 0.15) is 5.56 Å². The van der Waals surface area contributed by atoms with E-state index in [1.165, 1.54) is 6.07 Å². The number of aromatic amines is 1. The summed E-state index contributed by atoms with van der Waals surface area (Å²) < 4.78 is 5.28. The standard InChI is InChI=1S/C12H12N2O2/c1-8-4-3-5-10(16-2)12(8)9-6-7-11(15)14-13-9/h3-7H,1-2H3,(H,14,15). The van der Waals surface area contributed by atoms with Crippen molar-refractivity contribution in [3.8, 4) is 17.0 Å². The molecule has 1 aromatic heterocycles. The van der Waals surface area contributed by atoms with Crippen LogP contribution in [0.4, 0.5) is 0 Å². The summed E-state index contributed by atoms with van der Waals surface area (Å²) in [6.07, 6.45) is 0. The van der Waals surface area contributed by atoms with Crippen LogP contribution in [0.25, 0.3) is 11.3 Å². The number of rotatable bonds is 2. The number of aryl methyl sites for hydroxylation is 1. The minimum Gasteiger partial charge on any atom is -0.496 e. The quantitative estimate of drug-likeness (QED) is 0.832. The van der Waals surface area contributed by atoms with E-state index >= 15 is 0 Å². The van der Waals surface area contributed by atoms with Gasteiger partial charge in [-0.05, 0) is 24.6 Å². The molecular formula is C12H12N2O2. The van der Waals surface area contributed by atoms with Gasteiger partial charge in [-0.15, -0.1) is 0 Å². The van der Waals surface area contributed by atoms with E-state index in [1.807, 2.05) is 25.1 Å². The number of hydrogen-bond acceptors (Lipinski definition) is 3. The van der Waals surface area contributed by atoms with E-state index in [9.17, 15) is 4.79 Å². The van der Waals surface area contributed by atoms with E-state index < -0.39 is 0 Å². The highest BCUT2D eigenvalue weighted by atomic mass is 16.5. The molecule has 0 saturated heterocycles. The average molecular weight is 216 g/mol. The van der Waals surface area contributed by atoms with Crippen LogP contribution in [0, 0.1) is 6.92 Å². The molecule has 2 rings (SSSR count). The second-order valence-electron chi connectivity index (χ2n) is 3.46. The maximum atomic E-state index is 10.9. The van der Waals surface area contributed by atoms with Gasteiger partial charge in [0.2, 0.25) is 0 Å². The van der Waals surface area contributed by atoms with Crippen molar-refractivity contribution in [1.29, 1.82) is 0 Å².